The molecule has 3 aromatic rings. The third kappa shape index (κ3) is 1.71. The summed E-state index contributed by atoms with van der Waals surface area (Å²) < 4.78 is 4.15. The number of rotatable bonds is 2. The smallest absolute Gasteiger partial charge is 0.303 e. The highest BCUT2D eigenvalue weighted by Crippen LogP contribution is 2.12. The average Bonchev–Trinajstić information content (AvgIpc) is 2.95. The highest BCUT2D eigenvalue weighted by molar-refractivity contribution is 5.75. The number of aromatic nitrogens is 4. The minimum atomic E-state index is 0.459. The van der Waals surface area contributed by atoms with Crippen LogP contribution < -0.4 is 4.57 Å². The number of benzene rings is 1. The Morgan fingerprint density at radius 3 is 2.82 bits per heavy atom. The van der Waals surface area contributed by atoms with Crippen LogP contribution in [0, 0.1) is 0 Å². The SMILES string of the molecule is CC(C)[n+]1ccn(-c2nc3ccccc3[nH]2)c1. The number of hydrogen-bond donors (Lipinski definition) is 1. The van der Waals surface area contributed by atoms with Gasteiger partial charge in [0.15, 0.2) is 0 Å². The van der Waals surface area contributed by atoms with Gasteiger partial charge in [0.1, 0.15) is 12.4 Å². The normalized spacial score (nSPS) is 11.5. The van der Waals surface area contributed by atoms with Crippen molar-refractivity contribution in [3.63, 3.8) is 0 Å². The van der Waals surface area contributed by atoms with E-state index in [4.69, 9.17) is 0 Å². The van der Waals surface area contributed by atoms with Crippen molar-refractivity contribution in [3.8, 4) is 5.95 Å². The number of hydrogen-bond acceptors (Lipinski definition) is 1. The summed E-state index contributed by atoms with van der Waals surface area (Å²) in [5.74, 6) is 0.852. The molecule has 0 amide bonds. The van der Waals surface area contributed by atoms with Gasteiger partial charge >= 0.3 is 5.95 Å². The Balaban J connectivity index is 2.07. The number of imidazole rings is 2. The van der Waals surface area contributed by atoms with Gasteiger partial charge in [-0.25, -0.2) is 4.57 Å². The fraction of sp³-hybridized carbons (Fsp3) is 0.231. The predicted octanol–water partition coefficient (Wildman–Crippen LogP) is 2.22. The monoisotopic (exact) mass is 227 g/mol. The van der Waals surface area contributed by atoms with Gasteiger partial charge < -0.3 is 4.98 Å². The average molecular weight is 227 g/mol. The second kappa shape index (κ2) is 3.73. The molecule has 0 unspecified atom stereocenters. The highest BCUT2D eigenvalue weighted by atomic mass is 15.2. The lowest BCUT2D eigenvalue weighted by atomic mass is 10.3. The summed E-state index contributed by atoms with van der Waals surface area (Å²) in [6.07, 6.45) is 6.11. The van der Waals surface area contributed by atoms with Gasteiger partial charge in [0.25, 0.3) is 6.33 Å². The van der Waals surface area contributed by atoms with Gasteiger partial charge in [0.05, 0.1) is 17.1 Å². The van der Waals surface area contributed by atoms with E-state index < -0.39 is 0 Å². The van der Waals surface area contributed by atoms with Gasteiger partial charge in [-0.05, 0) is 26.0 Å². The van der Waals surface area contributed by atoms with Crippen LogP contribution in [0.15, 0.2) is 43.0 Å². The van der Waals surface area contributed by atoms with Gasteiger partial charge in [0.2, 0.25) is 0 Å². The summed E-state index contributed by atoms with van der Waals surface area (Å²) in [6.45, 7) is 4.31. The Bertz CT molecular complexity index is 615. The van der Waals surface area contributed by atoms with Crippen LogP contribution in [0.2, 0.25) is 0 Å². The molecule has 0 aliphatic carbocycles. The number of nitrogens with one attached hydrogen (secondary N) is 1. The summed E-state index contributed by atoms with van der Waals surface area (Å²) >= 11 is 0. The highest BCUT2D eigenvalue weighted by Gasteiger charge is 2.12. The minimum Gasteiger partial charge on any atom is -0.303 e. The Morgan fingerprint density at radius 1 is 1.29 bits per heavy atom. The fourth-order valence-electron chi connectivity index (χ4n) is 1.86. The standard InChI is InChI=1S/C13H15N4/c1-10(2)16-7-8-17(9-16)13-14-11-5-3-4-6-12(11)15-13/h3-10H,1-2H3,(H,14,15)/q+1. The van der Waals surface area contributed by atoms with E-state index in [1.165, 1.54) is 0 Å². The number of para-hydroxylation sites is 2. The zero-order valence-corrected chi connectivity index (χ0v) is 9.96. The maximum atomic E-state index is 4.55. The molecule has 1 aromatic carbocycles. The fourth-order valence-corrected chi connectivity index (χ4v) is 1.86. The predicted molar refractivity (Wildman–Crippen MR) is 66.0 cm³/mol. The lowest BCUT2D eigenvalue weighted by Gasteiger charge is -1.96. The topological polar surface area (TPSA) is 37.5 Å². The lowest BCUT2D eigenvalue weighted by molar-refractivity contribution is -0.715. The molecule has 0 fully saturated rings. The zero-order valence-electron chi connectivity index (χ0n) is 9.96. The summed E-state index contributed by atoms with van der Waals surface area (Å²) in [5.41, 5.74) is 2.06. The van der Waals surface area contributed by atoms with Crippen molar-refractivity contribution in [2.45, 2.75) is 19.9 Å². The molecule has 0 spiro atoms. The van der Waals surface area contributed by atoms with E-state index in [0.717, 1.165) is 17.0 Å². The molecule has 0 aliphatic heterocycles. The summed E-state index contributed by atoms with van der Waals surface area (Å²) in [5, 5.41) is 0. The molecule has 0 saturated carbocycles. The summed E-state index contributed by atoms with van der Waals surface area (Å²) in [6, 6.07) is 8.51. The molecule has 0 atom stereocenters. The summed E-state index contributed by atoms with van der Waals surface area (Å²) in [7, 11) is 0. The third-order valence-corrected chi connectivity index (χ3v) is 2.87. The molecule has 2 aromatic heterocycles. The number of nitrogens with zero attached hydrogens (tertiary/aromatic N) is 3. The van der Waals surface area contributed by atoms with E-state index in [1.807, 2.05) is 41.4 Å². The zero-order chi connectivity index (χ0) is 11.8. The largest absolute Gasteiger partial charge is 0.304 e. The van der Waals surface area contributed by atoms with Gasteiger partial charge in [-0.3, -0.25) is 0 Å². The van der Waals surface area contributed by atoms with Crippen LogP contribution >= 0.6 is 0 Å². The van der Waals surface area contributed by atoms with E-state index in [2.05, 4.69) is 34.6 Å². The van der Waals surface area contributed by atoms with Crippen molar-refractivity contribution in [2.24, 2.45) is 0 Å². The Hall–Kier alpha value is -2.10. The molecule has 17 heavy (non-hydrogen) atoms. The molecule has 2 heterocycles. The van der Waals surface area contributed by atoms with E-state index in [9.17, 15) is 0 Å². The van der Waals surface area contributed by atoms with Gasteiger partial charge in [-0.1, -0.05) is 12.1 Å². The minimum absolute atomic E-state index is 0.459. The maximum Gasteiger partial charge on any atom is 0.304 e. The quantitative estimate of drug-likeness (QED) is 0.670. The second-order valence-corrected chi connectivity index (χ2v) is 4.44. The van der Waals surface area contributed by atoms with E-state index in [-0.39, 0.29) is 0 Å². The van der Waals surface area contributed by atoms with Crippen LogP contribution in [0.4, 0.5) is 0 Å². The molecule has 4 heteroatoms. The number of H-pyrrole nitrogens is 1. The first kappa shape index (κ1) is 10.1. The van der Waals surface area contributed by atoms with Gasteiger partial charge in [-0.2, -0.15) is 9.55 Å². The van der Waals surface area contributed by atoms with Crippen LogP contribution in [-0.4, -0.2) is 14.5 Å². The van der Waals surface area contributed by atoms with Crippen molar-refractivity contribution in [1.29, 1.82) is 0 Å². The molecule has 86 valence electrons. The molecular weight excluding hydrogens is 212 g/mol. The molecule has 0 saturated heterocycles. The van der Waals surface area contributed by atoms with Crippen molar-refractivity contribution >= 4 is 11.0 Å². The van der Waals surface area contributed by atoms with E-state index in [0.29, 0.717) is 6.04 Å². The van der Waals surface area contributed by atoms with Crippen LogP contribution in [0.1, 0.15) is 19.9 Å². The first-order valence-corrected chi connectivity index (χ1v) is 5.78. The van der Waals surface area contributed by atoms with Gasteiger partial charge in [0, 0.05) is 0 Å². The van der Waals surface area contributed by atoms with E-state index in [1.54, 1.807) is 0 Å². The maximum absolute atomic E-state index is 4.55. The van der Waals surface area contributed by atoms with E-state index >= 15 is 0 Å². The molecule has 3 rings (SSSR count). The van der Waals surface area contributed by atoms with Gasteiger partial charge in [-0.15, -0.1) is 0 Å². The van der Waals surface area contributed by atoms with Crippen LogP contribution in [0.25, 0.3) is 17.0 Å². The Kier molecular flexibility index (Phi) is 2.21. The molecule has 1 N–H and O–H groups in total. The van der Waals surface area contributed by atoms with Crippen molar-refractivity contribution < 1.29 is 4.57 Å². The third-order valence-electron chi connectivity index (χ3n) is 2.87. The molecule has 0 aliphatic rings. The van der Waals surface area contributed by atoms with Crippen molar-refractivity contribution in [1.82, 2.24) is 14.5 Å². The number of aromatic amines is 1. The van der Waals surface area contributed by atoms with Crippen molar-refractivity contribution in [3.05, 3.63) is 43.0 Å². The molecule has 0 bridgehead atoms. The lowest BCUT2D eigenvalue weighted by Crippen LogP contribution is -2.33. The first-order valence-electron chi connectivity index (χ1n) is 5.78. The van der Waals surface area contributed by atoms with Crippen molar-refractivity contribution in [2.75, 3.05) is 0 Å². The number of fused-ring (bicyclic) bond motifs is 1. The summed E-state index contributed by atoms with van der Waals surface area (Å²) in [4.78, 5) is 7.85. The van der Waals surface area contributed by atoms with Crippen LogP contribution in [0.3, 0.4) is 0 Å². The molecule has 4 nitrogen and oxygen atoms in total. The van der Waals surface area contributed by atoms with Crippen LogP contribution in [0.5, 0.6) is 0 Å². The molecule has 0 radical (unpaired) electrons. The second-order valence-electron chi connectivity index (χ2n) is 4.44. The molecular formula is C13H15N4+. The Morgan fingerprint density at radius 2 is 2.12 bits per heavy atom. The first-order chi connectivity index (χ1) is 8.24. The Labute approximate surface area is 99.5 Å². The van der Waals surface area contributed by atoms with Crippen LogP contribution in [-0.2, 0) is 0 Å².